The molecule has 5 rings (SSSR count). The smallest absolute Gasteiger partial charge is 0.305 e. The maximum Gasteiger partial charge on any atom is 0.324 e. The molecule has 0 radical (unpaired) electrons. The number of rotatable bonds is 5. The maximum absolute atomic E-state index is 13.4. The Morgan fingerprint density at radius 1 is 1.03 bits per heavy atom. The van der Waals surface area contributed by atoms with Gasteiger partial charge < -0.3 is 5.32 Å². The molecule has 0 saturated carbocycles. The van der Waals surface area contributed by atoms with Crippen molar-refractivity contribution in [2.24, 2.45) is 0 Å². The van der Waals surface area contributed by atoms with Gasteiger partial charge in [-0.05, 0) is 42.5 Å². The lowest BCUT2D eigenvalue weighted by molar-refractivity contribution is -0.380. The third-order valence-corrected chi connectivity index (χ3v) is 5.79. The molecule has 0 aliphatic carbocycles. The van der Waals surface area contributed by atoms with E-state index in [4.69, 9.17) is 0 Å². The fourth-order valence-electron chi connectivity index (χ4n) is 3.21. The first-order chi connectivity index (χ1) is 16.0. The lowest BCUT2D eigenvalue weighted by atomic mass is 10.2. The Morgan fingerprint density at radius 3 is 2.48 bits per heavy atom. The van der Waals surface area contributed by atoms with Gasteiger partial charge in [-0.3, -0.25) is 14.9 Å². The van der Waals surface area contributed by atoms with Crippen molar-refractivity contribution >= 4 is 39.1 Å². The van der Waals surface area contributed by atoms with E-state index in [0.29, 0.717) is 16.6 Å². The predicted octanol–water partition coefficient (Wildman–Crippen LogP) is 4.84. The van der Waals surface area contributed by atoms with Gasteiger partial charge in [0.25, 0.3) is 5.91 Å². The first kappa shape index (κ1) is 20.4. The summed E-state index contributed by atoms with van der Waals surface area (Å²) in [6.07, 6.45) is 1.53. The summed E-state index contributed by atoms with van der Waals surface area (Å²) >= 11 is 0.761. The molecule has 0 spiro atoms. The number of amides is 1. The van der Waals surface area contributed by atoms with Gasteiger partial charge in [-0.1, -0.05) is 29.5 Å². The number of hydrogen-bond acceptors (Lipinski definition) is 7. The second-order valence-electron chi connectivity index (χ2n) is 6.88. The number of nitrogens with one attached hydrogen (secondary N) is 1. The van der Waals surface area contributed by atoms with Gasteiger partial charge in [-0.2, -0.15) is 5.10 Å². The molecule has 0 fully saturated rings. The average molecular weight is 460 g/mol. The highest BCUT2D eigenvalue weighted by atomic mass is 32.1. The summed E-state index contributed by atoms with van der Waals surface area (Å²) in [6.45, 7) is 0. The standard InChI is InChI=1S/C22H13FN6O3S/c23-14-8-6-13(7-9-14)19-25-20(27-22(30)17-10-11-18(33-17)29(31)32)16-12-24-28(21(16)26-19)15-4-2-1-3-5-15/h1-12H,(H,25,26,27,30). The quantitative estimate of drug-likeness (QED) is 0.296. The molecule has 0 aliphatic rings. The minimum absolute atomic E-state index is 0.142. The van der Waals surface area contributed by atoms with E-state index in [1.165, 1.54) is 42.6 Å². The monoisotopic (exact) mass is 460 g/mol. The molecule has 2 aromatic carbocycles. The molecule has 1 N–H and O–H groups in total. The number of nitrogens with zero attached hydrogens (tertiary/aromatic N) is 5. The van der Waals surface area contributed by atoms with Crippen LogP contribution >= 0.6 is 11.3 Å². The number of fused-ring (bicyclic) bond motifs is 1. The number of hydrogen-bond donors (Lipinski definition) is 1. The Kier molecular flexibility index (Phi) is 5.07. The summed E-state index contributed by atoms with van der Waals surface area (Å²) in [6, 6.07) is 17.6. The molecule has 11 heteroatoms. The number of benzene rings is 2. The van der Waals surface area contributed by atoms with Crippen LogP contribution < -0.4 is 5.32 Å². The summed E-state index contributed by atoms with van der Waals surface area (Å²) in [4.78, 5) is 32.4. The van der Waals surface area contributed by atoms with E-state index in [9.17, 15) is 19.3 Å². The summed E-state index contributed by atoms with van der Waals surface area (Å²) in [5, 5.41) is 18.4. The minimum Gasteiger partial charge on any atom is -0.305 e. The van der Waals surface area contributed by atoms with E-state index in [2.05, 4.69) is 20.4 Å². The molecule has 0 atom stereocenters. The SMILES string of the molecule is O=C(Nc1nc(-c2ccc(F)cc2)nc2c1cnn2-c1ccccc1)c1ccc([N+](=O)[O-])s1. The minimum atomic E-state index is -0.555. The van der Waals surface area contributed by atoms with E-state index < -0.39 is 16.6 Å². The molecule has 0 saturated heterocycles. The van der Waals surface area contributed by atoms with Gasteiger partial charge in [0.15, 0.2) is 11.5 Å². The van der Waals surface area contributed by atoms with Crippen LogP contribution in [0.2, 0.25) is 0 Å². The van der Waals surface area contributed by atoms with Crippen molar-refractivity contribution in [1.82, 2.24) is 19.7 Å². The third-order valence-electron chi connectivity index (χ3n) is 4.76. The molecule has 5 aromatic rings. The molecule has 9 nitrogen and oxygen atoms in total. The highest BCUT2D eigenvalue weighted by Crippen LogP contribution is 2.29. The molecular weight excluding hydrogens is 447 g/mol. The van der Waals surface area contributed by atoms with E-state index in [0.717, 1.165) is 17.0 Å². The molecular formula is C22H13FN6O3S. The number of nitro groups is 1. The van der Waals surface area contributed by atoms with E-state index >= 15 is 0 Å². The Hall–Kier alpha value is -4.51. The zero-order valence-electron chi connectivity index (χ0n) is 16.7. The first-order valence-corrected chi connectivity index (χ1v) is 10.4. The van der Waals surface area contributed by atoms with Gasteiger partial charge in [0.1, 0.15) is 11.6 Å². The number of carbonyl (C=O) groups is 1. The van der Waals surface area contributed by atoms with Crippen molar-refractivity contribution in [2.75, 3.05) is 5.32 Å². The van der Waals surface area contributed by atoms with Gasteiger partial charge in [-0.25, -0.2) is 19.0 Å². The average Bonchev–Trinajstić information content (AvgIpc) is 3.48. The summed E-state index contributed by atoms with van der Waals surface area (Å²) in [7, 11) is 0. The van der Waals surface area contributed by atoms with Crippen LogP contribution in [-0.4, -0.2) is 30.6 Å². The van der Waals surface area contributed by atoms with Crippen LogP contribution in [0.25, 0.3) is 28.1 Å². The molecule has 1 amide bonds. The highest BCUT2D eigenvalue weighted by molar-refractivity contribution is 7.17. The zero-order chi connectivity index (χ0) is 22.9. The van der Waals surface area contributed by atoms with E-state index in [1.54, 1.807) is 4.68 Å². The molecule has 33 heavy (non-hydrogen) atoms. The van der Waals surface area contributed by atoms with Crippen molar-refractivity contribution in [2.45, 2.75) is 0 Å². The van der Waals surface area contributed by atoms with Crippen molar-refractivity contribution in [3.8, 4) is 17.1 Å². The van der Waals surface area contributed by atoms with Crippen molar-refractivity contribution in [3.63, 3.8) is 0 Å². The van der Waals surface area contributed by atoms with Crippen molar-refractivity contribution < 1.29 is 14.1 Å². The van der Waals surface area contributed by atoms with Crippen LogP contribution in [0.15, 0.2) is 72.9 Å². The van der Waals surface area contributed by atoms with Crippen LogP contribution in [0.3, 0.4) is 0 Å². The maximum atomic E-state index is 13.4. The summed E-state index contributed by atoms with van der Waals surface area (Å²) in [5.74, 6) is -0.511. The fraction of sp³-hybridized carbons (Fsp3) is 0. The molecule has 0 bridgehead atoms. The molecule has 0 aliphatic heterocycles. The summed E-state index contributed by atoms with van der Waals surface area (Å²) < 4.78 is 15.0. The Bertz CT molecular complexity index is 1500. The fourth-order valence-corrected chi connectivity index (χ4v) is 3.92. The normalized spacial score (nSPS) is 10.9. The topological polar surface area (TPSA) is 116 Å². The van der Waals surface area contributed by atoms with Crippen LogP contribution in [0.1, 0.15) is 9.67 Å². The van der Waals surface area contributed by atoms with Crippen LogP contribution in [0, 0.1) is 15.9 Å². The molecule has 0 unspecified atom stereocenters. The van der Waals surface area contributed by atoms with Crippen LogP contribution in [-0.2, 0) is 0 Å². The number of para-hydroxylation sites is 1. The Balaban J connectivity index is 1.63. The Morgan fingerprint density at radius 2 is 1.79 bits per heavy atom. The first-order valence-electron chi connectivity index (χ1n) is 9.62. The van der Waals surface area contributed by atoms with Gasteiger partial charge >= 0.3 is 5.00 Å². The van der Waals surface area contributed by atoms with Crippen molar-refractivity contribution in [3.05, 3.63) is 93.7 Å². The van der Waals surface area contributed by atoms with E-state index in [1.807, 2.05) is 30.3 Å². The molecule has 3 aromatic heterocycles. The highest BCUT2D eigenvalue weighted by Gasteiger charge is 2.20. The molecule has 162 valence electrons. The third kappa shape index (κ3) is 3.92. The molecule has 3 heterocycles. The second kappa shape index (κ2) is 8.20. The predicted molar refractivity (Wildman–Crippen MR) is 121 cm³/mol. The number of halogens is 1. The number of anilines is 1. The van der Waals surface area contributed by atoms with Gasteiger partial charge in [-0.15, -0.1) is 0 Å². The van der Waals surface area contributed by atoms with Gasteiger partial charge in [0.2, 0.25) is 0 Å². The van der Waals surface area contributed by atoms with Gasteiger partial charge in [0, 0.05) is 11.6 Å². The lowest BCUT2D eigenvalue weighted by Crippen LogP contribution is -2.12. The van der Waals surface area contributed by atoms with Gasteiger partial charge in [0.05, 0.1) is 27.1 Å². The second-order valence-corrected chi connectivity index (χ2v) is 7.94. The van der Waals surface area contributed by atoms with E-state index in [-0.39, 0.29) is 21.5 Å². The van der Waals surface area contributed by atoms with Crippen LogP contribution in [0.5, 0.6) is 0 Å². The number of aromatic nitrogens is 4. The lowest BCUT2D eigenvalue weighted by Gasteiger charge is -2.09. The number of thiophene rings is 1. The van der Waals surface area contributed by atoms with Crippen LogP contribution in [0.4, 0.5) is 15.2 Å². The zero-order valence-corrected chi connectivity index (χ0v) is 17.5. The number of carbonyl (C=O) groups excluding carboxylic acids is 1. The largest absolute Gasteiger partial charge is 0.324 e. The van der Waals surface area contributed by atoms with Crippen molar-refractivity contribution in [1.29, 1.82) is 0 Å². The summed E-state index contributed by atoms with van der Waals surface area (Å²) in [5.41, 5.74) is 1.73. The Labute approximate surface area is 189 Å².